The summed E-state index contributed by atoms with van der Waals surface area (Å²) >= 11 is 27.6. The molecule has 0 bridgehead atoms. The van der Waals surface area contributed by atoms with Crippen LogP contribution >= 0.6 is 65.6 Å². The van der Waals surface area contributed by atoms with Crippen LogP contribution in [0.4, 0.5) is 0 Å². The number of hydrogen-bond donors (Lipinski definition) is 0. The third kappa shape index (κ3) is 9.31. The van der Waals surface area contributed by atoms with Crippen LogP contribution in [0.2, 0.25) is 0 Å². The summed E-state index contributed by atoms with van der Waals surface area (Å²) in [5.41, 5.74) is 0. The van der Waals surface area contributed by atoms with E-state index in [1.54, 1.807) is 0 Å². The molecular formula is C6H10Cl5O3P. The Kier molecular flexibility index (Phi) is 6.61. The van der Waals surface area contributed by atoms with Crippen LogP contribution in [0.1, 0.15) is 13.8 Å². The molecule has 0 saturated carbocycles. The Morgan fingerprint density at radius 3 is 1.60 bits per heavy atom. The molecule has 0 rings (SSSR count). The van der Waals surface area contributed by atoms with Gasteiger partial charge in [-0.3, -0.25) is 13.6 Å². The van der Waals surface area contributed by atoms with Crippen LogP contribution < -0.4 is 0 Å². The first-order valence-electron chi connectivity index (χ1n) is 3.80. The summed E-state index contributed by atoms with van der Waals surface area (Å²) in [5.74, 6) is 0.0327. The normalized spacial score (nSPS) is 14.3. The minimum atomic E-state index is -3.62. The van der Waals surface area contributed by atoms with E-state index in [0.717, 1.165) is 0 Å². The van der Waals surface area contributed by atoms with Crippen LogP contribution in [0.15, 0.2) is 0 Å². The summed E-state index contributed by atoms with van der Waals surface area (Å²) in [6.07, 6.45) is -0.0986. The molecule has 0 aromatic heterocycles. The molecule has 15 heavy (non-hydrogen) atoms. The highest BCUT2D eigenvalue weighted by Crippen LogP contribution is 2.57. The van der Waals surface area contributed by atoms with Gasteiger partial charge >= 0.3 is 7.60 Å². The van der Waals surface area contributed by atoms with Gasteiger partial charge in [0.2, 0.25) is 9.04 Å². The third-order valence-corrected chi connectivity index (χ3v) is 4.21. The number of hydrogen-bond acceptors (Lipinski definition) is 3. The molecule has 92 valence electrons. The maximum Gasteiger partial charge on any atom is 0.337 e. The predicted molar refractivity (Wildman–Crippen MR) is 65.6 cm³/mol. The Morgan fingerprint density at radius 1 is 1.07 bits per heavy atom. The highest BCUT2D eigenvalue weighted by molar-refractivity contribution is 7.54. The van der Waals surface area contributed by atoms with Gasteiger partial charge in [0.05, 0.1) is 6.16 Å². The Morgan fingerprint density at radius 2 is 1.40 bits per heavy atom. The zero-order chi connectivity index (χ0) is 12.3. The average Bonchev–Trinajstić information content (AvgIpc) is 1.74. The molecule has 0 spiro atoms. The van der Waals surface area contributed by atoms with Crippen LogP contribution in [0.3, 0.4) is 0 Å². The maximum absolute atomic E-state index is 12.0. The van der Waals surface area contributed by atoms with E-state index in [1.807, 2.05) is 0 Å². The van der Waals surface area contributed by atoms with Gasteiger partial charge in [-0.25, -0.2) is 0 Å². The van der Waals surface area contributed by atoms with E-state index in [1.165, 1.54) is 13.8 Å². The minimum absolute atomic E-state index is 0.0327. The van der Waals surface area contributed by atoms with Gasteiger partial charge in [-0.1, -0.05) is 46.4 Å². The van der Waals surface area contributed by atoms with E-state index in [2.05, 4.69) is 0 Å². The van der Waals surface area contributed by atoms with E-state index in [0.29, 0.717) is 0 Å². The summed E-state index contributed by atoms with van der Waals surface area (Å²) in [7, 11) is -3.62. The number of rotatable bonds is 6. The van der Waals surface area contributed by atoms with Gasteiger partial charge in [0, 0.05) is 5.88 Å². The first-order chi connectivity index (χ1) is 6.47. The quantitative estimate of drug-likeness (QED) is 0.518. The van der Waals surface area contributed by atoms with E-state index in [-0.39, 0.29) is 12.0 Å². The Balaban J connectivity index is 4.68. The van der Waals surface area contributed by atoms with Gasteiger partial charge in [-0.15, -0.1) is 11.6 Å². The van der Waals surface area contributed by atoms with Gasteiger partial charge in [-0.2, -0.15) is 0 Å². The molecule has 0 atom stereocenters. The lowest BCUT2D eigenvalue weighted by Gasteiger charge is -2.26. The fraction of sp³-hybridized carbons (Fsp3) is 1.00. The van der Waals surface area contributed by atoms with E-state index in [9.17, 15) is 4.57 Å². The molecule has 0 aliphatic heterocycles. The maximum atomic E-state index is 12.0. The van der Waals surface area contributed by atoms with Crippen LogP contribution in [0, 0.1) is 0 Å². The molecule has 0 unspecified atom stereocenters. The lowest BCUT2D eigenvalue weighted by atomic mass is 10.9. The van der Waals surface area contributed by atoms with Crippen molar-refractivity contribution in [3.63, 3.8) is 0 Å². The molecule has 0 N–H and O–H groups in total. The Bertz CT molecular complexity index is 226. The second-order valence-electron chi connectivity index (χ2n) is 2.82. The number of halogens is 5. The lowest BCUT2D eigenvalue weighted by Crippen LogP contribution is -2.19. The predicted octanol–water partition coefficient (Wildman–Crippen LogP) is 4.75. The van der Waals surface area contributed by atoms with Crippen molar-refractivity contribution >= 4 is 65.6 Å². The molecule has 0 heterocycles. The van der Waals surface area contributed by atoms with Gasteiger partial charge < -0.3 is 0 Å². The average molecular weight is 338 g/mol. The van der Waals surface area contributed by atoms with Crippen molar-refractivity contribution in [2.45, 2.75) is 22.9 Å². The first kappa shape index (κ1) is 16.6. The molecule has 0 amide bonds. The van der Waals surface area contributed by atoms with Gasteiger partial charge in [0.15, 0.2) is 0 Å². The third-order valence-electron chi connectivity index (χ3n) is 0.957. The van der Waals surface area contributed by atoms with Crippen LogP contribution in [0.5, 0.6) is 0 Å². The van der Waals surface area contributed by atoms with Crippen molar-refractivity contribution in [2.75, 3.05) is 12.0 Å². The number of alkyl halides is 5. The molecule has 0 radical (unpaired) electrons. The minimum Gasteiger partial charge on any atom is -0.271 e. The van der Waals surface area contributed by atoms with Gasteiger partial charge in [0.1, 0.15) is 0 Å². The first-order valence-corrected chi connectivity index (χ1v) is 7.57. The van der Waals surface area contributed by atoms with Crippen molar-refractivity contribution in [2.24, 2.45) is 0 Å². The largest absolute Gasteiger partial charge is 0.337 e. The molecule has 0 aliphatic carbocycles. The van der Waals surface area contributed by atoms with Crippen molar-refractivity contribution in [1.82, 2.24) is 0 Å². The Hall–Kier alpha value is 1.60. The smallest absolute Gasteiger partial charge is 0.271 e. The molecule has 0 aliphatic rings. The fourth-order valence-electron chi connectivity index (χ4n) is 0.702. The summed E-state index contributed by atoms with van der Waals surface area (Å²) in [6, 6.07) is 0. The summed E-state index contributed by atoms with van der Waals surface area (Å²) in [4.78, 5) is 0. The zero-order valence-corrected chi connectivity index (χ0v) is 12.7. The molecule has 9 heteroatoms. The SMILES string of the molecule is CC(Cl)(Cl)OP(=O)(CCCl)OC(C)(Cl)Cl. The summed E-state index contributed by atoms with van der Waals surface area (Å²) in [5, 5.41) is 0. The van der Waals surface area contributed by atoms with Crippen LogP contribution in [-0.2, 0) is 13.6 Å². The topological polar surface area (TPSA) is 35.5 Å². The summed E-state index contributed by atoms with van der Waals surface area (Å²) < 4.78 is 18.4. The van der Waals surface area contributed by atoms with Crippen LogP contribution in [-0.4, -0.2) is 21.1 Å². The van der Waals surface area contributed by atoms with E-state index < -0.39 is 16.6 Å². The van der Waals surface area contributed by atoms with Crippen molar-refractivity contribution < 1.29 is 13.6 Å². The standard InChI is InChI=1S/C6H10Cl5O3P/c1-5(8,9)13-15(12,4-3-7)14-6(2,10)11/h3-4H2,1-2H3. The van der Waals surface area contributed by atoms with Crippen molar-refractivity contribution in [3.05, 3.63) is 0 Å². The van der Waals surface area contributed by atoms with Crippen LogP contribution in [0.25, 0.3) is 0 Å². The van der Waals surface area contributed by atoms with Gasteiger partial charge in [0.25, 0.3) is 0 Å². The fourth-order valence-corrected chi connectivity index (χ4v) is 3.99. The zero-order valence-electron chi connectivity index (χ0n) is 7.98. The molecule has 0 aromatic rings. The highest BCUT2D eigenvalue weighted by atomic mass is 35.5. The highest BCUT2D eigenvalue weighted by Gasteiger charge is 2.38. The molecule has 0 fully saturated rings. The van der Waals surface area contributed by atoms with Crippen molar-refractivity contribution in [3.8, 4) is 0 Å². The second kappa shape index (κ2) is 5.97. The lowest BCUT2D eigenvalue weighted by molar-refractivity contribution is 0.158. The van der Waals surface area contributed by atoms with E-state index in [4.69, 9.17) is 67.1 Å². The molecule has 3 nitrogen and oxygen atoms in total. The van der Waals surface area contributed by atoms with Gasteiger partial charge in [-0.05, 0) is 13.8 Å². The summed E-state index contributed by atoms with van der Waals surface area (Å²) in [6.45, 7) is 2.58. The molecule has 0 aromatic carbocycles. The second-order valence-corrected chi connectivity index (χ2v) is 8.51. The Labute approximate surface area is 114 Å². The monoisotopic (exact) mass is 336 g/mol. The molecular weight excluding hydrogens is 328 g/mol. The molecule has 0 saturated heterocycles. The van der Waals surface area contributed by atoms with Crippen molar-refractivity contribution in [1.29, 1.82) is 0 Å². The van der Waals surface area contributed by atoms with E-state index >= 15 is 0 Å².